The zero-order chi connectivity index (χ0) is 37.2. The molecule has 0 saturated heterocycles. The summed E-state index contributed by atoms with van der Waals surface area (Å²) in [6.45, 7) is 25.2. The minimum Gasteiger partial charge on any atom is -0.494 e. The number of nitrogens with one attached hydrogen (secondary N) is 1. The van der Waals surface area contributed by atoms with E-state index in [0.717, 1.165) is 31.5 Å². The molecule has 11 heteroatoms. The summed E-state index contributed by atoms with van der Waals surface area (Å²) < 4.78 is 53.8. The predicted molar refractivity (Wildman–Crippen MR) is 188 cm³/mol. The molecule has 1 aliphatic rings. The largest absolute Gasteiger partial charge is 0.494 e. The minimum absolute atomic E-state index is 0.00656. The molecule has 2 heterocycles. The summed E-state index contributed by atoms with van der Waals surface area (Å²) in [4.78, 5) is 25.1. The number of aromatic nitrogens is 3. The first-order chi connectivity index (χ1) is 22.5. The average Bonchev–Trinajstić information content (AvgIpc) is 3.36. The van der Waals surface area contributed by atoms with Crippen molar-refractivity contribution in [2.24, 2.45) is 5.92 Å². The van der Waals surface area contributed by atoms with Crippen LogP contribution in [-0.2, 0) is 16.5 Å². The van der Waals surface area contributed by atoms with E-state index < -0.39 is 34.7 Å². The third kappa shape index (κ3) is 13.2. The Labute approximate surface area is 285 Å². The number of hydrogen-bond donors (Lipinski definition) is 1. The number of halogens is 3. The van der Waals surface area contributed by atoms with E-state index in [1.54, 1.807) is 6.92 Å². The molecule has 3 rings (SSSR count). The third-order valence-electron chi connectivity index (χ3n) is 6.98. The van der Waals surface area contributed by atoms with E-state index >= 15 is 0 Å². The fraction of sp³-hybridized carbons (Fsp3) is 0.514. The molecule has 0 radical (unpaired) electrons. The quantitative estimate of drug-likeness (QED) is 0.199. The van der Waals surface area contributed by atoms with Crippen molar-refractivity contribution in [1.29, 1.82) is 0 Å². The first-order valence-electron chi connectivity index (χ1n) is 16.2. The molecule has 2 aromatic rings. The van der Waals surface area contributed by atoms with Crippen molar-refractivity contribution in [2.75, 3.05) is 13.7 Å². The van der Waals surface area contributed by atoms with E-state index in [1.807, 2.05) is 73.5 Å². The number of hydrogen-bond acceptors (Lipinski definition) is 6. The van der Waals surface area contributed by atoms with Crippen molar-refractivity contribution in [3.8, 4) is 17.4 Å². The second kappa shape index (κ2) is 21.0. The number of amides is 1. The van der Waals surface area contributed by atoms with Crippen LogP contribution in [-0.4, -0.2) is 41.1 Å². The monoisotopic (exact) mass is 676 g/mol. The summed E-state index contributed by atoms with van der Waals surface area (Å²) in [5.74, 6) is -1.12. The zero-order valence-corrected chi connectivity index (χ0v) is 30.6. The molecular weight excluding hydrogens is 621 g/mol. The van der Waals surface area contributed by atoms with Gasteiger partial charge in [0.25, 0.3) is 5.91 Å². The van der Waals surface area contributed by atoms with E-state index in [0.29, 0.717) is 11.5 Å². The van der Waals surface area contributed by atoms with Crippen molar-refractivity contribution < 1.29 is 32.2 Å². The summed E-state index contributed by atoms with van der Waals surface area (Å²) >= 11 is 0. The van der Waals surface area contributed by atoms with Gasteiger partial charge in [-0.15, -0.1) is 0 Å². The standard InChI is InChI=1S/C29H39F3N4O3.C5H8.C2H6.CH2O/c1-10-12-20(13-14-21(11-2)18(3)4)15-34-26(37)25-19(5)27(36(35-25)28(6,7)8)39-23-17-33-16-22(38-9)24(23)29(30,31)32;1-5-3-2-4-5;2*1-2/h11-14,16-18H,10,15H2,1-9H3,(H,34,37);1-4H2;1-2H3;1H2/b14-13-,20-12-,21-11+;;;. The van der Waals surface area contributed by atoms with Gasteiger partial charge in [-0.3, -0.25) is 9.78 Å². The summed E-state index contributed by atoms with van der Waals surface area (Å²) in [5, 5.41) is 7.33. The second-order valence-electron chi connectivity index (χ2n) is 11.9. The number of carbonyl (C=O) groups excluding carboxylic acids is 2. The average molecular weight is 677 g/mol. The number of allylic oxidation sites excluding steroid dienone is 5. The molecule has 0 bridgehead atoms. The van der Waals surface area contributed by atoms with Gasteiger partial charge in [0, 0.05) is 12.1 Å². The second-order valence-corrected chi connectivity index (χ2v) is 11.9. The minimum atomic E-state index is -4.76. The van der Waals surface area contributed by atoms with Crippen molar-refractivity contribution in [1.82, 2.24) is 20.1 Å². The fourth-order valence-electron chi connectivity index (χ4n) is 4.29. The van der Waals surface area contributed by atoms with E-state index in [1.165, 1.54) is 35.1 Å². The van der Waals surface area contributed by atoms with E-state index in [4.69, 9.17) is 14.3 Å². The van der Waals surface area contributed by atoms with Crippen LogP contribution in [0.4, 0.5) is 13.2 Å². The van der Waals surface area contributed by atoms with Gasteiger partial charge in [0.15, 0.2) is 17.2 Å². The van der Waals surface area contributed by atoms with Gasteiger partial charge in [0.2, 0.25) is 5.88 Å². The first-order valence-corrected chi connectivity index (χ1v) is 16.2. The first kappa shape index (κ1) is 43.9. The molecule has 48 heavy (non-hydrogen) atoms. The topological polar surface area (TPSA) is 95.3 Å². The van der Waals surface area contributed by atoms with Crippen LogP contribution in [0, 0.1) is 12.8 Å². The van der Waals surface area contributed by atoms with E-state index in [9.17, 15) is 18.0 Å². The Morgan fingerprint density at radius 2 is 1.67 bits per heavy atom. The molecule has 0 spiro atoms. The lowest BCUT2D eigenvalue weighted by atomic mass is 9.95. The third-order valence-corrected chi connectivity index (χ3v) is 6.98. The molecule has 1 aliphatic carbocycles. The van der Waals surface area contributed by atoms with Gasteiger partial charge in [0.05, 0.1) is 25.0 Å². The molecule has 1 amide bonds. The zero-order valence-electron chi connectivity index (χ0n) is 30.6. The van der Waals surface area contributed by atoms with Gasteiger partial charge in [-0.2, -0.15) is 18.3 Å². The number of pyridine rings is 1. The fourth-order valence-corrected chi connectivity index (χ4v) is 4.29. The molecule has 1 N–H and O–H groups in total. The maximum Gasteiger partial charge on any atom is 0.423 e. The van der Waals surface area contributed by atoms with Gasteiger partial charge in [0.1, 0.15) is 12.4 Å². The number of rotatable bonds is 10. The predicted octanol–water partition coefficient (Wildman–Crippen LogP) is 9.95. The van der Waals surface area contributed by atoms with Gasteiger partial charge in [-0.25, -0.2) is 4.68 Å². The molecular formula is C37H55F3N4O4. The van der Waals surface area contributed by atoms with E-state index in [-0.39, 0.29) is 18.1 Å². The van der Waals surface area contributed by atoms with Crippen LogP contribution in [0.25, 0.3) is 0 Å². The molecule has 1 fully saturated rings. The summed E-state index contributed by atoms with van der Waals surface area (Å²) in [7, 11) is 1.13. The molecule has 1 saturated carbocycles. The van der Waals surface area contributed by atoms with Crippen molar-refractivity contribution in [3.05, 3.63) is 76.8 Å². The normalized spacial score (nSPS) is 13.4. The highest BCUT2D eigenvalue weighted by Crippen LogP contribution is 2.44. The molecule has 0 unspecified atom stereocenters. The summed E-state index contributed by atoms with van der Waals surface area (Å²) in [6, 6.07) is 0. The maximum absolute atomic E-state index is 13.9. The number of ether oxygens (including phenoxy) is 2. The van der Waals surface area contributed by atoms with E-state index in [2.05, 4.69) is 41.9 Å². The smallest absolute Gasteiger partial charge is 0.423 e. The molecule has 8 nitrogen and oxygen atoms in total. The number of nitrogens with zero attached hydrogens (tertiary/aromatic N) is 3. The Morgan fingerprint density at radius 1 is 1.10 bits per heavy atom. The molecule has 0 aromatic carbocycles. The summed E-state index contributed by atoms with van der Waals surface area (Å²) in [5.41, 5.74) is 2.08. The van der Waals surface area contributed by atoms with Crippen LogP contribution in [0.3, 0.4) is 0 Å². The van der Waals surface area contributed by atoms with Crippen molar-refractivity contribution in [2.45, 2.75) is 107 Å². The molecule has 2 aromatic heterocycles. The van der Waals surface area contributed by atoms with Crippen LogP contribution >= 0.6 is 0 Å². The number of carbonyl (C=O) groups is 2. The van der Waals surface area contributed by atoms with Crippen molar-refractivity contribution >= 4 is 12.7 Å². The highest BCUT2D eigenvalue weighted by molar-refractivity contribution is 5.94. The number of methoxy groups -OCH3 is 1. The Kier molecular flexibility index (Phi) is 19.1. The van der Waals surface area contributed by atoms with Crippen LogP contribution in [0.15, 0.2) is 60.0 Å². The van der Waals surface area contributed by atoms with Gasteiger partial charge in [-0.1, -0.05) is 71.1 Å². The van der Waals surface area contributed by atoms with Crippen LogP contribution < -0.4 is 14.8 Å². The highest BCUT2D eigenvalue weighted by Gasteiger charge is 2.40. The SMILES string of the molecule is C=C1CCC1.C=O.CC.C\C=C(/C=C\C(=C\CC)CNC(=O)c1nn(C(C)(C)C)c(Oc2cncc(OC)c2C(F)(F)F)c1C)C(C)C. The lowest BCUT2D eigenvalue weighted by Gasteiger charge is -2.23. The highest BCUT2D eigenvalue weighted by atomic mass is 19.4. The lowest BCUT2D eigenvalue weighted by Crippen LogP contribution is -2.28. The number of alkyl halides is 3. The Balaban J connectivity index is 0.00000216. The van der Waals surface area contributed by atoms with Gasteiger partial charge >= 0.3 is 6.18 Å². The molecule has 0 aliphatic heterocycles. The van der Waals surface area contributed by atoms with Gasteiger partial charge in [-0.05, 0) is 77.4 Å². The Bertz CT molecular complexity index is 1410. The lowest BCUT2D eigenvalue weighted by molar-refractivity contribution is -0.139. The van der Waals surface area contributed by atoms with Crippen molar-refractivity contribution in [3.63, 3.8) is 0 Å². The Hall–Kier alpha value is -4.15. The van der Waals surface area contributed by atoms with Gasteiger partial charge < -0.3 is 19.6 Å². The molecule has 0 atom stereocenters. The van der Waals surface area contributed by atoms with Crippen LogP contribution in [0.5, 0.6) is 17.4 Å². The summed E-state index contributed by atoms with van der Waals surface area (Å²) in [6.07, 6.45) is 10.0. The maximum atomic E-state index is 13.9. The molecule has 268 valence electrons. The van der Waals surface area contributed by atoms with Crippen LogP contribution in [0.1, 0.15) is 110 Å². The van der Waals surface area contributed by atoms with Crippen LogP contribution in [0.2, 0.25) is 0 Å². The Morgan fingerprint density at radius 3 is 2.08 bits per heavy atom.